The van der Waals surface area contributed by atoms with E-state index >= 15 is 0 Å². The molecule has 0 saturated carbocycles. The minimum absolute atomic E-state index is 0.127. The molecule has 25 heavy (non-hydrogen) atoms. The molecule has 5 rings (SSSR count). The lowest BCUT2D eigenvalue weighted by molar-refractivity contribution is 0.0946. The normalized spacial score (nSPS) is 16.0. The predicted molar refractivity (Wildman–Crippen MR) is 88.6 cm³/mol. The predicted octanol–water partition coefficient (Wildman–Crippen LogP) is 2.22. The molecule has 0 spiro atoms. The third kappa shape index (κ3) is 2.36. The number of rotatable bonds is 3. The average Bonchev–Trinajstić information content (AvgIpc) is 3.35. The van der Waals surface area contributed by atoms with Crippen molar-refractivity contribution in [1.29, 1.82) is 0 Å². The Morgan fingerprint density at radius 3 is 2.80 bits per heavy atom. The van der Waals surface area contributed by atoms with Crippen molar-refractivity contribution in [3.8, 4) is 23.0 Å². The summed E-state index contributed by atoms with van der Waals surface area (Å²) in [5, 5.41) is 3.00. The number of fused-ring (bicyclic) bond motifs is 3. The molecular formula is C19H17NO5. The Kier molecular flexibility index (Phi) is 3.23. The van der Waals surface area contributed by atoms with Crippen molar-refractivity contribution in [1.82, 2.24) is 5.32 Å². The summed E-state index contributed by atoms with van der Waals surface area (Å²) in [6.07, 6.45) is 1.55. The zero-order valence-corrected chi connectivity index (χ0v) is 13.6. The van der Waals surface area contributed by atoms with Gasteiger partial charge in [-0.05, 0) is 23.8 Å². The quantitative estimate of drug-likeness (QED) is 0.929. The van der Waals surface area contributed by atoms with Gasteiger partial charge in [0.05, 0.1) is 18.8 Å². The van der Waals surface area contributed by atoms with Crippen molar-refractivity contribution >= 4 is 5.91 Å². The van der Waals surface area contributed by atoms with E-state index in [9.17, 15) is 4.79 Å². The highest BCUT2D eigenvalue weighted by Gasteiger charge is 2.30. The average molecular weight is 339 g/mol. The van der Waals surface area contributed by atoms with Gasteiger partial charge in [-0.25, -0.2) is 0 Å². The maximum Gasteiger partial charge on any atom is 0.255 e. The van der Waals surface area contributed by atoms with E-state index in [0.717, 1.165) is 41.0 Å². The smallest absolute Gasteiger partial charge is 0.255 e. The van der Waals surface area contributed by atoms with Gasteiger partial charge in [-0.3, -0.25) is 4.79 Å². The van der Waals surface area contributed by atoms with Crippen LogP contribution in [0.1, 0.15) is 27.0 Å². The molecule has 0 aromatic heterocycles. The van der Waals surface area contributed by atoms with Gasteiger partial charge in [0.2, 0.25) is 6.79 Å². The second kappa shape index (κ2) is 5.58. The molecule has 0 atom stereocenters. The van der Waals surface area contributed by atoms with Crippen LogP contribution in [-0.2, 0) is 19.4 Å². The van der Waals surface area contributed by atoms with Gasteiger partial charge < -0.3 is 24.3 Å². The second-order valence-corrected chi connectivity index (χ2v) is 6.28. The molecule has 3 aliphatic heterocycles. The SMILES string of the molecule is O=C(NCc1ccc2c(c1)OCO2)c1c2c(cc3c1OCC3)OCC2. The molecular weight excluding hydrogens is 322 g/mol. The van der Waals surface area contributed by atoms with E-state index in [1.165, 1.54) is 0 Å². The molecule has 0 unspecified atom stereocenters. The lowest BCUT2D eigenvalue weighted by Gasteiger charge is -2.13. The molecule has 0 fully saturated rings. The first-order valence-electron chi connectivity index (χ1n) is 8.40. The van der Waals surface area contributed by atoms with Crippen molar-refractivity contribution in [2.45, 2.75) is 19.4 Å². The summed E-state index contributed by atoms with van der Waals surface area (Å²) in [6, 6.07) is 7.69. The maximum absolute atomic E-state index is 12.9. The first kappa shape index (κ1) is 14.5. The van der Waals surface area contributed by atoms with Crippen molar-refractivity contribution < 1.29 is 23.7 Å². The van der Waals surface area contributed by atoms with Crippen LogP contribution >= 0.6 is 0 Å². The summed E-state index contributed by atoms with van der Waals surface area (Å²) in [5.41, 5.74) is 3.58. The molecule has 3 aliphatic rings. The molecule has 2 aromatic carbocycles. The van der Waals surface area contributed by atoms with Gasteiger partial charge in [0.25, 0.3) is 5.91 Å². The second-order valence-electron chi connectivity index (χ2n) is 6.28. The maximum atomic E-state index is 12.9. The van der Waals surface area contributed by atoms with Crippen LogP contribution in [0.3, 0.4) is 0 Å². The zero-order chi connectivity index (χ0) is 16.8. The minimum atomic E-state index is -0.127. The van der Waals surface area contributed by atoms with E-state index in [-0.39, 0.29) is 12.7 Å². The number of carbonyl (C=O) groups is 1. The van der Waals surface area contributed by atoms with Crippen LogP contribution in [0, 0.1) is 0 Å². The Morgan fingerprint density at radius 1 is 0.960 bits per heavy atom. The fourth-order valence-corrected chi connectivity index (χ4v) is 3.55. The van der Waals surface area contributed by atoms with Crippen LogP contribution in [0.5, 0.6) is 23.0 Å². The Hall–Kier alpha value is -2.89. The summed E-state index contributed by atoms with van der Waals surface area (Å²) in [5.74, 6) is 2.85. The number of carbonyl (C=O) groups excluding carboxylic acids is 1. The highest BCUT2D eigenvalue weighted by molar-refractivity contribution is 6.00. The van der Waals surface area contributed by atoms with Crippen LogP contribution in [0.15, 0.2) is 24.3 Å². The first-order chi connectivity index (χ1) is 12.3. The lowest BCUT2D eigenvalue weighted by Crippen LogP contribution is -2.24. The summed E-state index contributed by atoms with van der Waals surface area (Å²) < 4.78 is 22.1. The topological polar surface area (TPSA) is 66.0 Å². The number of benzene rings is 2. The van der Waals surface area contributed by atoms with Crippen molar-refractivity contribution in [2.24, 2.45) is 0 Å². The molecule has 6 heteroatoms. The van der Waals surface area contributed by atoms with Crippen LogP contribution in [0.2, 0.25) is 0 Å². The van der Waals surface area contributed by atoms with Crippen molar-refractivity contribution in [3.05, 3.63) is 46.5 Å². The van der Waals surface area contributed by atoms with E-state index in [1.54, 1.807) is 0 Å². The van der Waals surface area contributed by atoms with Crippen LogP contribution in [0.25, 0.3) is 0 Å². The Balaban J connectivity index is 1.40. The van der Waals surface area contributed by atoms with Crippen molar-refractivity contribution in [2.75, 3.05) is 20.0 Å². The minimum Gasteiger partial charge on any atom is -0.493 e. The molecule has 3 heterocycles. The summed E-state index contributed by atoms with van der Waals surface area (Å²) in [4.78, 5) is 12.9. The summed E-state index contributed by atoms with van der Waals surface area (Å²) in [6.45, 7) is 1.88. The number of ether oxygens (including phenoxy) is 4. The van der Waals surface area contributed by atoms with Gasteiger partial charge in [-0.2, -0.15) is 0 Å². The van der Waals surface area contributed by atoms with Gasteiger partial charge in [0.1, 0.15) is 11.5 Å². The van der Waals surface area contributed by atoms with Crippen LogP contribution < -0.4 is 24.3 Å². The van der Waals surface area contributed by atoms with Crippen molar-refractivity contribution in [3.63, 3.8) is 0 Å². The molecule has 6 nitrogen and oxygen atoms in total. The van der Waals surface area contributed by atoms with Gasteiger partial charge in [0, 0.05) is 30.5 Å². The fraction of sp³-hybridized carbons (Fsp3) is 0.316. The third-order valence-corrected chi connectivity index (χ3v) is 4.77. The first-order valence-corrected chi connectivity index (χ1v) is 8.40. The number of hydrogen-bond donors (Lipinski definition) is 1. The van der Waals surface area contributed by atoms with Gasteiger partial charge in [-0.15, -0.1) is 0 Å². The van der Waals surface area contributed by atoms with Gasteiger partial charge in [0.15, 0.2) is 11.5 Å². The molecule has 2 aromatic rings. The van der Waals surface area contributed by atoms with Gasteiger partial charge in [-0.1, -0.05) is 6.07 Å². The highest BCUT2D eigenvalue weighted by atomic mass is 16.7. The standard InChI is InChI=1S/C19H17NO5/c21-19(20-9-11-1-2-14-16(7-11)25-10-24-14)17-13-4-6-22-15(13)8-12-3-5-23-18(12)17/h1-2,7-8H,3-6,9-10H2,(H,20,21). The molecule has 128 valence electrons. The van der Waals surface area contributed by atoms with Crippen LogP contribution in [-0.4, -0.2) is 25.9 Å². The molecule has 0 radical (unpaired) electrons. The monoisotopic (exact) mass is 339 g/mol. The number of amides is 1. The highest BCUT2D eigenvalue weighted by Crippen LogP contribution is 2.40. The molecule has 0 bridgehead atoms. The van der Waals surface area contributed by atoms with E-state index < -0.39 is 0 Å². The van der Waals surface area contributed by atoms with E-state index in [4.69, 9.17) is 18.9 Å². The van der Waals surface area contributed by atoms with Gasteiger partial charge >= 0.3 is 0 Å². The Morgan fingerprint density at radius 2 is 1.84 bits per heavy atom. The summed E-state index contributed by atoms with van der Waals surface area (Å²) in [7, 11) is 0. The molecule has 0 aliphatic carbocycles. The van der Waals surface area contributed by atoms with Crippen LogP contribution in [0.4, 0.5) is 0 Å². The fourth-order valence-electron chi connectivity index (χ4n) is 3.55. The zero-order valence-electron chi connectivity index (χ0n) is 13.6. The molecule has 0 saturated heterocycles. The lowest BCUT2D eigenvalue weighted by atomic mass is 9.99. The van der Waals surface area contributed by atoms with E-state index in [1.807, 2.05) is 24.3 Å². The molecule has 1 N–H and O–H groups in total. The Bertz CT molecular complexity index is 844. The third-order valence-electron chi connectivity index (χ3n) is 4.77. The van der Waals surface area contributed by atoms with E-state index in [2.05, 4.69) is 5.32 Å². The largest absolute Gasteiger partial charge is 0.493 e. The number of hydrogen-bond acceptors (Lipinski definition) is 5. The Labute approximate surface area is 144 Å². The number of nitrogens with one attached hydrogen (secondary N) is 1. The summed E-state index contributed by atoms with van der Waals surface area (Å²) >= 11 is 0. The molecule has 1 amide bonds. The van der Waals surface area contributed by atoms with E-state index in [0.29, 0.717) is 36.8 Å².